The number of carbonyl (C=O) groups excluding carboxylic acids is 2. The van der Waals surface area contributed by atoms with Crippen molar-refractivity contribution in [2.45, 2.75) is 32.2 Å². The van der Waals surface area contributed by atoms with Crippen molar-refractivity contribution in [2.75, 3.05) is 26.2 Å². The molecule has 6 heteroatoms. The molecule has 1 heterocycles. The summed E-state index contributed by atoms with van der Waals surface area (Å²) in [5.74, 6) is -0.301. The van der Waals surface area contributed by atoms with Gasteiger partial charge in [0.1, 0.15) is 0 Å². The highest BCUT2D eigenvalue weighted by Gasteiger charge is 2.21. The second kappa shape index (κ2) is 7.24. The Hall–Kier alpha value is -1.14. The van der Waals surface area contributed by atoms with Crippen LogP contribution in [0.4, 0.5) is 4.79 Å². The topological polar surface area (TPSA) is 87.5 Å². The number of imide groups is 1. The van der Waals surface area contributed by atoms with E-state index in [0.29, 0.717) is 19.0 Å². The van der Waals surface area contributed by atoms with Gasteiger partial charge in [-0.05, 0) is 25.9 Å². The molecule has 1 rings (SSSR count). The molecule has 1 fully saturated rings. The molecule has 0 bridgehead atoms. The van der Waals surface area contributed by atoms with Crippen molar-refractivity contribution in [3.8, 4) is 0 Å². The fourth-order valence-corrected chi connectivity index (χ4v) is 2.16. The van der Waals surface area contributed by atoms with Crippen LogP contribution < -0.4 is 16.4 Å². The standard InChI is InChI=1S/C11H22N4O2/c1-2-6-15(9-3-5-13-8-9)7-4-10(16)14-11(12)17/h9,13H,2-8H2,1H3,(H3,12,14,16,17). The van der Waals surface area contributed by atoms with Crippen LogP contribution in [0.1, 0.15) is 26.2 Å². The zero-order valence-electron chi connectivity index (χ0n) is 10.4. The zero-order valence-corrected chi connectivity index (χ0v) is 10.4. The van der Waals surface area contributed by atoms with E-state index in [9.17, 15) is 9.59 Å². The van der Waals surface area contributed by atoms with E-state index in [1.54, 1.807) is 0 Å². The van der Waals surface area contributed by atoms with E-state index >= 15 is 0 Å². The summed E-state index contributed by atoms with van der Waals surface area (Å²) >= 11 is 0. The molecular weight excluding hydrogens is 220 g/mol. The van der Waals surface area contributed by atoms with Gasteiger partial charge in [0.15, 0.2) is 0 Å². The first-order chi connectivity index (χ1) is 8.13. The second-order valence-electron chi connectivity index (χ2n) is 4.35. The lowest BCUT2D eigenvalue weighted by Crippen LogP contribution is -2.41. The van der Waals surface area contributed by atoms with Gasteiger partial charge in [0.05, 0.1) is 0 Å². The second-order valence-corrected chi connectivity index (χ2v) is 4.35. The highest BCUT2D eigenvalue weighted by atomic mass is 16.2. The molecule has 17 heavy (non-hydrogen) atoms. The van der Waals surface area contributed by atoms with E-state index in [0.717, 1.165) is 32.5 Å². The van der Waals surface area contributed by atoms with Gasteiger partial charge in [0.25, 0.3) is 0 Å². The molecule has 4 N–H and O–H groups in total. The lowest BCUT2D eigenvalue weighted by molar-refractivity contribution is -0.120. The molecule has 0 spiro atoms. The van der Waals surface area contributed by atoms with Gasteiger partial charge in [-0.1, -0.05) is 6.92 Å². The quantitative estimate of drug-likeness (QED) is 0.594. The SMILES string of the molecule is CCCN(CCC(=O)NC(N)=O)C1CCNC1. The number of nitrogens with one attached hydrogen (secondary N) is 2. The van der Waals surface area contributed by atoms with Gasteiger partial charge < -0.3 is 11.1 Å². The molecule has 98 valence electrons. The third-order valence-electron chi connectivity index (χ3n) is 2.95. The summed E-state index contributed by atoms with van der Waals surface area (Å²) in [7, 11) is 0. The van der Waals surface area contributed by atoms with Crippen LogP contribution in [0, 0.1) is 0 Å². The smallest absolute Gasteiger partial charge is 0.318 e. The number of nitrogens with zero attached hydrogens (tertiary/aromatic N) is 1. The molecule has 6 nitrogen and oxygen atoms in total. The Balaban J connectivity index is 2.33. The molecule has 0 aliphatic carbocycles. The zero-order chi connectivity index (χ0) is 12.7. The maximum Gasteiger partial charge on any atom is 0.318 e. The van der Waals surface area contributed by atoms with Gasteiger partial charge >= 0.3 is 6.03 Å². The maximum atomic E-state index is 11.3. The Labute approximate surface area is 102 Å². The van der Waals surface area contributed by atoms with E-state index in [1.165, 1.54) is 0 Å². The Bertz CT molecular complexity index is 264. The molecule has 0 radical (unpaired) electrons. The third kappa shape index (κ3) is 5.14. The van der Waals surface area contributed by atoms with Crippen molar-refractivity contribution in [3.63, 3.8) is 0 Å². The van der Waals surface area contributed by atoms with Gasteiger partial charge in [-0.2, -0.15) is 0 Å². The van der Waals surface area contributed by atoms with Crippen LogP contribution >= 0.6 is 0 Å². The predicted octanol–water partition coefficient (Wildman–Crippen LogP) is -0.355. The summed E-state index contributed by atoms with van der Waals surface area (Å²) in [5, 5.41) is 5.40. The Morgan fingerprint density at radius 1 is 1.47 bits per heavy atom. The van der Waals surface area contributed by atoms with Crippen molar-refractivity contribution in [1.29, 1.82) is 0 Å². The number of amides is 3. The van der Waals surface area contributed by atoms with Crippen LogP contribution in [0.5, 0.6) is 0 Å². The summed E-state index contributed by atoms with van der Waals surface area (Å²) in [6.45, 7) is 5.81. The minimum atomic E-state index is -0.778. The summed E-state index contributed by atoms with van der Waals surface area (Å²) < 4.78 is 0. The lowest BCUT2D eigenvalue weighted by atomic mass is 10.2. The average Bonchev–Trinajstić information content (AvgIpc) is 2.76. The fraction of sp³-hybridized carbons (Fsp3) is 0.818. The summed E-state index contributed by atoms with van der Waals surface area (Å²) in [6.07, 6.45) is 2.50. The van der Waals surface area contributed by atoms with Gasteiger partial charge in [-0.25, -0.2) is 4.79 Å². The Morgan fingerprint density at radius 3 is 2.76 bits per heavy atom. The number of rotatable bonds is 6. The molecule has 1 saturated heterocycles. The molecule has 0 aromatic heterocycles. The molecule has 0 aromatic rings. The van der Waals surface area contributed by atoms with E-state index in [1.807, 2.05) is 0 Å². The van der Waals surface area contributed by atoms with Crippen molar-refractivity contribution in [2.24, 2.45) is 5.73 Å². The minimum Gasteiger partial charge on any atom is -0.351 e. The van der Waals surface area contributed by atoms with Crippen molar-refractivity contribution < 1.29 is 9.59 Å². The molecule has 1 aliphatic heterocycles. The monoisotopic (exact) mass is 242 g/mol. The largest absolute Gasteiger partial charge is 0.351 e. The van der Waals surface area contributed by atoms with Crippen LogP contribution in [0.25, 0.3) is 0 Å². The first-order valence-corrected chi connectivity index (χ1v) is 6.17. The van der Waals surface area contributed by atoms with Crippen LogP contribution in [0.2, 0.25) is 0 Å². The minimum absolute atomic E-state index is 0.301. The van der Waals surface area contributed by atoms with Crippen LogP contribution in [-0.4, -0.2) is 49.1 Å². The van der Waals surface area contributed by atoms with Gasteiger partial charge in [0, 0.05) is 25.6 Å². The third-order valence-corrected chi connectivity index (χ3v) is 2.95. The number of hydrogen-bond acceptors (Lipinski definition) is 4. The van der Waals surface area contributed by atoms with Crippen LogP contribution in [0.15, 0.2) is 0 Å². The fourth-order valence-electron chi connectivity index (χ4n) is 2.16. The van der Waals surface area contributed by atoms with E-state index in [4.69, 9.17) is 5.73 Å². The predicted molar refractivity (Wildman–Crippen MR) is 65.5 cm³/mol. The van der Waals surface area contributed by atoms with Crippen molar-refractivity contribution in [3.05, 3.63) is 0 Å². The highest BCUT2D eigenvalue weighted by molar-refractivity contribution is 5.93. The summed E-state index contributed by atoms with van der Waals surface area (Å²) in [6, 6.07) is -0.268. The number of urea groups is 1. The maximum absolute atomic E-state index is 11.3. The molecule has 1 unspecified atom stereocenters. The lowest BCUT2D eigenvalue weighted by Gasteiger charge is -2.27. The van der Waals surface area contributed by atoms with Crippen molar-refractivity contribution >= 4 is 11.9 Å². The normalized spacial score (nSPS) is 19.5. The van der Waals surface area contributed by atoms with Crippen molar-refractivity contribution in [1.82, 2.24) is 15.5 Å². The molecule has 0 saturated carbocycles. The first kappa shape index (κ1) is 13.9. The molecule has 3 amide bonds. The first-order valence-electron chi connectivity index (χ1n) is 6.17. The van der Waals surface area contributed by atoms with E-state index < -0.39 is 6.03 Å². The van der Waals surface area contributed by atoms with Crippen LogP contribution in [0.3, 0.4) is 0 Å². The Morgan fingerprint density at radius 2 is 2.24 bits per heavy atom. The van der Waals surface area contributed by atoms with Gasteiger partial charge in [-0.3, -0.25) is 15.0 Å². The van der Waals surface area contributed by atoms with E-state index in [-0.39, 0.29) is 5.91 Å². The average molecular weight is 242 g/mol. The molecule has 0 aromatic carbocycles. The Kier molecular flexibility index (Phi) is 5.93. The summed E-state index contributed by atoms with van der Waals surface area (Å²) in [4.78, 5) is 24.1. The molecular formula is C11H22N4O2. The van der Waals surface area contributed by atoms with E-state index in [2.05, 4.69) is 22.5 Å². The number of hydrogen-bond donors (Lipinski definition) is 3. The number of primary amides is 1. The molecule has 1 atom stereocenters. The number of nitrogens with two attached hydrogens (primary N) is 1. The highest BCUT2D eigenvalue weighted by Crippen LogP contribution is 2.09. The van der Waals surface area contributed by atoms with Gasteiger partial charge in [0.2, 0.25) is 5.91 Å². The molecule has 1 aliphatic rings. The van der Waals surface area contributed by atoms with Gasteiger partial charge in [-0.15, -0.1) is 0 Å². The summed E-state index contributed by atoms with van der Waals surface area (Å²) in [5.41, 5.74) is 4.89. The number of carbonyl (C=O) groups is 2. The van der Waals surface area contributed by atoms with Crippen LogP contribution in [-0.2, 0) is 4.79 Å².